The fraction of sp³-hybridized carbons (Fsp3) is 0.526. The molecular formula is C38H52N4O8. The molecule has 0 spiro atoms. The summed E-state index contributed by atoms with van der Waals surface area (Å²) < 4.78 is 11.4. The number of carboxylic acids is 2. The van der Waals surface area contributed by atoms with E-state index >= 15 is 0 Å². The molecule has 12 heteroatoms. The summed E-state index contributed by atoms with van der Waals surface area (Å²) in [4.78, 5) is 46.2. The van der Waals surface area contributed by atoms with Gasteiger partial charge in [-0.05, 0) is 111 Å². The molecule has 6 N–H and O–H groups in total. The van der Waals surface area contributed by atoms with Crippen LogP contribution >= 0.6 is 0 Å². The van der Waals surface area contributed by atoms with Crippen LogP contribution in [0.15, 0.2) is 60.7 Å². The zero-order chi connectivity index (χ0) is 35.9. The molecule has 6 rings (SSSR count). The molecular weight excluding hydrogens is 640 g/mol. The Bertz CT molecular complexity index is 1300. The van der Waals surface area contributed by atoms with Gasteiger partial charge in [0.2, 0.25) is 11.8 Å². The third-order valence-corrected chi connectivity index (χ3v) is 10.0. The largest absolute Gasteiger partial charge is 0.494 e. The van der Waals surface area contributed by atoms with Crippen LogP contribution in [0, 0.1) is 23.7 Å². The summed E-state index contributed by atoms with van der Waals surface area (Å²) in [6, 6.07) is 14.1. The van der Waals surface area contributed by atoms with Gasteiger partial charge in [0.1, 0.15) is 11.5 Å². The quantitative estimate of drug-likeness (QED) is 0.165. The number of amides is 2. The van der Waals surface area contributed by atoms with Gasteiger partial charge in [-0.25, -0.2) is 9.59 Å². The van der Waals surface area contributed by atoms with E-state index in [9.17, 15) is 19.2 Å². The molecule has 2 aliphatic carbocycles. The van der Waals surface area contributed by atoms with Crippen molar-refractivity contribution in [2.24, 2.45) is 35.1 Å². The Balaban J connectivity index is 0.000000186. The Kier molecular flexibility index (Phi) is 15.1. The van der Waals surface area contributed by atoms with Crippen molar-refractivity contribution >= 4 is 23.8 Å². The highest BCUT2D eigenvalue weighted by molar-refractivity contribution is 5.93. The van der Waals surface area contributed by atoms with Gasteiger partial charge in [0.15, 0.2) is 0 Å². The Hall–Kier alpha value is -4.42. The summed E-state index contributed by atoms with van der Waals surface area (Å²) in [5, 5.41) is 15.6. The van der Waals surface area contributed by atoms with E-state index < -0.39 is 23.8 Å². The maximum absolute atomic E-state index is 11.0. The van der Waals surface area contributed by atoms with Gasteiger partial charge in [0, 0.05) is 62.5 Å². The lowest BCUT2D eigenvalue weighted by molar-refractivity contribution is -0.134. The average molecular weight is 693 g/mol. The molecule has 2 amide bonds. The first-order valence-corrected chi connectivity index (χ1v) is 17.7. The Morgan fingerprint density at radius 2 is 0.920 bits per heavy atom. The van der Waals surface area contributed by atoms with Crippen molar-refractivity contribution in [3.8, 4) is 11.5 Å². The van der Waals surface area contributed by atoms with Crippen molar-refractivity contribution in [1.82, 2.24) is 9.80 Å². The highest BCUT2D eigenvalue weighted by atomic mass is 16.5. The van der Waals surface area contributed by atoms with Gasteiger partial charge in [-0.15, -0.1) is 0 Å². The van der Waals surface area contributed by atoms with Crippen molar-refractivity contribution in [1.29, 1.82) is 0 Å². The van der Waals surface area contributed by atoms with Crippen LogP contribution in [-0.4, -0.2) is 96.2 Å². The minimum Gasteiger partial charge on any atom is -0.494 e. The van der Waals surface area contributed by atoms with Crippen LogP contribution in [0.1, 0.15) is 72.1 Å². The van der Waals surface area contributed by atoms with Gasteiger partial charge < -0.3 is 41.0 Å². The van der Waals surface area contributed by atoms with Crippen molar-refractivity contribution in [2.75, 3.05) is 52.5 Å². The first-order chi connectivity index (χ1) is 24.1. The topological polar surface area (TPSA) is 186 Å². The summed E-state index contributed by atoms with van der Waals surface area (Å²) >= 11 is 0. The predicted octanol–water partition coefficient (Wildman–Crippen LogP) is 4.28. The number of nitrogens with two attached hydrogens (primary N) is 2. The number of hydrogen-bond donors (Lipinski definition) is 4. The molecule has 4 atom stereocenters. The summed E-state index contributed by atoms with van der Waals surface area (Å²) in [6.07, 6.45) is 11.8. The van der Waals surface area contributed by atoms with Crippen LogP contribution in [0.3, 0.4) is 0 Å². The summed E-state index contributed by atoms with van der Waals surface area (Å²) in [5.74, 6) is 2.15. The molecule has 4 aliphatic rings. The van der Waals surface area contributed by atoms with Crippen molar-refractivity contribution in [3.05, 3.63) is 71.8 Å². The van der Waals surface area contributed by atoms with Crippen molar-refractivity contribution in [3.63, 3.8) is 0 Å². The minimum absolute atomic E-state index is 0.402. The van der Waals surface area contributed by atoms with Crippen molar-refractivity contribution in [2.45, 2.75) is 51.4 Å². The normalized spacial score (nSPS) is 22.5. The molecule has 2 aliphatic heterocycles. The Morgan fingerprint density at radius 3 is 1.20 bits per heavy atom. The van der Waals surface area contributed by atoms with E-state index in [0.29, 0.717) is 23.3 Å². The Labute approximate surface area is 294 Å². The second-order valence-electron chi connectivity index (χ2n) is 13.6. The van der Waals surface area contributed by atoms with Gasteiger partial charge in [-0.1, -0.05) is 12.8 Å². The number of primary amides is 2. The van der Waals surface area contributed by atoms with E-state index in [4.69, 9.17) is 31.2 Å². The molecule has 2 heterocycles. The second kappa shape index (κ2) is 19.7. The van der Waals surface area contributed by atoms with E-state index in [1.165, 1.54) is 64.7 Å². The minimum atomic E-state index is -1.26. The molecule has 50 heavy (non-hydrogen) atoms. The van der Waals surface area contributed by atoms with Gasteiger partial charge >= 0.3 is 11.9 Å². The van der Waals surface area contributed by atoms with Crippen LogP contribution in [0.5, 0.6) is 11.5 Å². The molecule has 2 saturated carbocycles. The van der Waals surface area contributed by atoms with E-state index in [1.54, 1.807) is 48.5 Å². The molecule has 0 aromatic heterocycles. The number of rotatable bonds is 14. The van der Waals surface area contributed by atoms with E-state index in [1.807, 2.05) is 0 Å². The van der Waals surface area contributed by atoms with Gasteiger partial charge in [0.05, 0.1) is 13.2 Å². The second-order valence-corrected chi connectivity index (χ2v) is 13.6. The average Bonchev–Trinajstić information content (AvgIpc) is 3.88. The van der Waals surface area contributed by atoms with Crippen LogP contribution in [-0.2, 0) is 9.59 Å². The number of nitrogens with zero attached hydrogens (tertiary/aromatic N) is 2. The first kappa shape index (κ1) is 38.4. The predicted molar refractivity (Wildman–Crippen MR) is 189 cm³/mol. The number of aliphatic carboxylic acids is 2. The zero-order valence-electron chi connectivity index (χ0n) is 28.8. The number of fused-ring (bicyclic) bond motifs is 2. The molecule has 2 aromatic carbocycles. The standard InChI is InChI=1S/2C17H24N2O2.C4H4O4/c2*18-17(20)13-5-7-16(8-6-13)21-10-2-9-19-11-14-3-1-4-15(14)12-19;5-3(6)1-2-4(7)8/h2*5-8,14-15H,1-4,9-12H2,(H2,18,20);1-2H,(H,5,6)(H,7,8)/b;;2-1+/t2*14-,15+;. The lowest BCUT2D eigenvalue weighted by Gasteiger charge is -2.16. The lowest BCUT2D eigenvalue weighted by atomic mass is 10.0. The summed E-state index contributed by atoms with van der Waals surface area (Å²) in [6.45, 7) is 8.87. The van der Waals surface area contributed by atoms with E-state index in [0.717, 1.165) is 74.3 Å². The monoisotopic (exact) mass is 692 g/mol. The fourth-order valence-electron chi connectivity index (χ4n) is 7.56. The van der Waals surface area contributed by atoms with Gasteiger partial charge in [0.25, 0.3) is 0 Å². The molecule has 2 aromatic rings. The van der Waals surface area contributed by atoms with E-state index in [-0.39, 0.29) is 0 Å². The smallest absolute Gasteiger partial charge is 0.328 e. The van der Waals surface area contributed by atoms with Crippen LogP contribution in [0.25, 0.3) is 0 Å². The number of likely N-dealkylation sites (tertiary alicyclic amines) is 2. The molecule has 4 fully saturated rings. The Morgan fingerprint density at radius 1 is 0.600 bits per heavy atom. The highest BCUT2D eigenvalue weighted by Gasteiger charge is 2.36. The van der Waals surface area contributed by atoms with Crippen LogP contribution in [0.4, 0.5) is 0 Å². The van der Waals surface area contributed by atoms with Gasteiger partial charge in [-0.3, -0.25) is 9.59 Å². The molecule has 2 saturated heterocycles. The van der Waals surface area contributed by atoms with Gasteiger partial charge in [-0.2, -0.15) is 0 Å². The third-order valence-electron chi connectivity index (χ3n) is 10.0. The first-order valence-electron chi connectivity index (χ1n) is 17.7. The number of ether oxygens (including phenoxy) is 2. The number of benzene rings is 2. The third kappa shape index (κ3) is 12.8. The number of carboxylic acid groups (broad SMARTS) is 2. The lowest BCUT2D eigenvalue weighted by Crippen LogP contribution is -2.24. The maximum atomic E-state index is 11.0. The SMILES string of the molecule is NC(=O)c1ccc(OCCCN2C[C@H]3CCC[C@H]3C2)cc1.NC(=O)c1ccc(OCCCN2C[C@H]3CCC[C@H]3C2)cc1.O=C(O)/C=C/C(=O)O. The zero-order valence-corrected chi connectivity index (χ0v) is 28.8. The maximum Gasteiger partial charge on any atom is 0.328 e. The molecule has 0 bridgehead atoms. The molecule has 0 radical (unpaired) electrons. The molecule has 0 unspecified atom stereocenters. The fourth-order valence-corrected chi connectivity index (χ4v) is 7.56. The molecule has 272 valence electrons. The number of carbonyl (C=O) groups excluding carboxylic acids is 2. The summed E-state index contributed by atoms with van der Waals surface area (Å²) in [5.41, 5.74) is 11.5. The highest BCUT2D eigenvalue weighted by Crippen LogP contribution is 2.38. The number of carbonyl (C=O) groups is 4. The van der Waals surface area contributed by atoms with E-state index in [2.05, 4.69) is 9.80 Å². The number of hydrogen-bond acceptors (Lipinski definition) is 8. The van der Waals surface area contributed by atoms with Crippen LogP contribution in [0.2, 0.25) is 0 Å². The molecule has 12 nitrogen and oxygen atoms in total. The summed E-state index contributed by atoms with van der Waals surface area (Å²) in [7, 11) is 0. The van der Waals surface area contributed by atoms with Crippen LogP contribution < -0.4 is 20.9 Å². The van der Waals surface area contributed by atoms with Crippen molar-refractivity contribution < 1.29 is 38.9 Å².